The van der Waals surface area contributed by atoms with Crippen LogP contribution < -0.4 is 5.32 Å². The van der Waals surface area contributed by atoms with E-state index in [9.17, 15) is 22.0 Å². The third-order valence-corrected chi connectivity index (χ3v) is 3.48. The second kappa shape index (κ2) is 6.08. The number of halogens is 5. The number of hydrogen-bond donors (Lipinski definition) is 1. The van der Waals surface area contributed by atoms with Crippen molar-refractivity contribution in [3.8, 4) is 0 Å². The predicted molar refractivity (Wildman–Crippen MR) is 68.0 cm³/mol. The minimum atomic E-state index is -5.59. The molecule has 0 aromatic heterocycles. The quantitative estimate of drug-likeness (QED) is 0.779. The van der Waals surface area contributed by atoms with E-state index in [0.717, 1.165) is 19.0 Å². The van der Waals surface area contributed by atoms with E-state index in [0.29, 0.717) is 0 Å². The molecular weight excluding hydrogens is 277 g/mol. The Labute approximate surface area is 115 Å². The maximum Gasteiger partial charge on any atom is 0.455 e. The molecule has 6 heteroatoms. The van der Waals surface area contributed by atoms with Crippen LogP contribution in [0.1, 0.15) is 43.4 Å². The van der Waals surface area contributed by atoms with Gasteiger partial charge in [-0.25, -0.2) is 0 Å². The van der Waals surface area contributed by atoms with Crippen LogP contribution in [-0.4, -0.2) is 19.1 Å². The van der Waals surface area contributed by atoms with Crippen LogP contribution in [0.15, 0.2) is 24.3 Å². The highest BCUT2D eigenvalue weighted by Crippen LogP contribution is 2.44. The standard InChI is InChI=1S/C14H18F5N/c1-4-9(2)10-5-7-11(8-6-10)12(20-3)13(15,16)14(17,18)19/h5-9,12,20H,4H2,1-3H3. The van der Waals surface area contributed by atoms with Crippen LogP contribution in [0.2, 0.25) is 0 Å². The van der Waals surface area contributed by atoms with E-state index in [4.69, 9.17) is 0 Å². The zero-order valence-electron chi connectivity index (χ0n) is 11.6. The molecule has 1 nitrogen and oxygen atoms in total. The van der Waals surface area contributed by atoms with Crippen LogP contribution >= 0.6 is 0 Å². The normalized spacial score (nSPS) is 16.0. The van der Waals surface area contributed by atoms with Crippen molar-refractivity contribution < 1.29 is 22.0 Å². The van der Waals surface area contributed by atoms with E-state index in [1.807, 2.05) is 13.8 Å². The number of rotatable bonds is 5. The third kappa shape index (κ3) is 3.29. The number of alkyl halides is 5. The fraction of sp³-hybridized carbons (Fsp3) is 0.571. The molecule has 0 fully saturated rings. The van der Waals surface area contributed by atoms with Crippen molar-refractivity contribution >= 4 is 0 Å². The second-order valence-corrected chi connectivity index (χ2v) is 4.82. The molecule has 1 rings (SSSR count). The molecule has 0 aliphatic heterocycles. The van der Waals surface area contributed by atoms with Gasteiger partial charge in [0.15, 0.2) is 0 Å². The Bertz CT molecular complexity index is 424. The van der Waals surface area contributed by atoms with Gasteiger partial charge in [0.05, 0.1) is 0 Å². The van der Waals surface area contributed by atoms with Crippen molar-refractivity contribution in [2.45, 2.75) is 44.3 Å². The van der Waals surface area contributed by atoms with Crippen LogP contribution in [0.3, 0.4) is 0 Å². The van der Waals surface area contributed by atoms with Gasteiger partial charge in [0.1, 0.15) is 6.04 Å². The maximum absolute atomic E-state index is 13.4. The van der Waals surface area contributed by atoms with Gasteiger partial charge in [0, 0.05) is 0 Å². The smallest absolute Gasteiger partial charge is 0.308 e. The maximum atomic E-state index is 13.4. The van der Waals surface area contributed by atoms with Crippen LogP contribution in [0.4, 0.5) is 22.0 Å². The molecule has 114 valence electrons. The second-order valence-electron chi connectivity index (χ2n) is 4.82. The Morgan fingerprint density at radius 3 is 1.80 bits per heavy atom. The summed E-state index contributed by atoms with van der Waals surface area (Å²) in [5.74, 6) is -4.58. The highest BCUT2D eigenvalue weighted by atomic mass is 19.4. The summed E-state index contributed by atoms with van der Waals surface area (Å²) in [6.07, 6.45) is -4.72. The molecular formula is C14H18F5N. The summed E-state index contributed by atoms with van der Waals surface area (Å²) in [7, 11) is 1.09. The molecule has 2 atom stereocenters. The first-order chi connectivity index (χ1) is 9.15. The molecule has 0 aliphatic rings. The first-order valence-electron chi connectivity index (χ1n) is 6.36. The van der Waals surface area contributed by atoms with Crippen LogP contribution in [-0.2, 0) is 0 Å². The summed E-state index contributed by atoms with van der Waals surface area (Å²) in [6.45, 7) is 3.95. The average molecular weight is 295 g/mol. The zero-order chi connectivity index (χ0) is 15.6. The van der Waals surface area contributed by atoms with Gasteiger partial charge in [0.25, 0.3) is 0 Å². The van der Waals surface area contributed by atoms with Crippen LogP contribution in [0.5, 0.6) is 0 Å². The molecule has 0 radical (unpaired) electrons. The zero-order valence-corrected chi connectivity index (χ0v) is 11.6. The van der Waals surface area contributed by atoms with Crippen molar-refractivity contribution in [2.24, 2.45) is 0 Å². The van der Waals surface area contributed by atoms with Gasteiger partial charge in [-0.1, -0.05) is 38.1 Å². The van der Waals surface area contributed by atoms with Crippen LogP contribution in [0.25, 0.3) is 0 Å². The summed E-state index contributed by atoms with van der Waals surface area (Å²) in [6, 6.07) is 3.75. The van der Waals surface area contributed by atoms with E-state index in [-0.39, 0.29) is 11.5 Å². The molecule has 0 spiro atoms. The average Bonchev–Trinajstić information content (AvgIpc) is 2.38. The fourth-order valence-corrected chi connectivity index (χ4v) is 1.97. The van der Waals surface area contributed by atoms with Gasteiger partial charge in [-0.3, -0.25) is 0 Å². The molecule has 0 amide bonds. The lowest BCUT2D eigenvalue weighted by molar-refractivity contribution is -0.293. The highest BCUT2D eigenvalue weighted by molar-refractivity contribution is 5.28. The molecule has 20 heavy (non-hydrogen) atoms. The van der Waals surface area contributed by atoms with E-state index in [1.165, 1.54) is 12.1 Å². The van der Waals surface area contributed by atoms with Gasteiger partial charge < -0.3 is 5.32 Å². The van der Waals surface area contributed by atoms with Crippen molar-refractivity contribution in [3.05, 3.63) is 35.4 Å². The summed E-state index contributed by atoms with van der Waals surface area (Å²) in [4.78, 5) is 0. The summed E-state index contributed by atoms with van der Waals surface area (Å²) in [5.41, 5.74) is 0.836. The highest BCUT2D eigenvalue weighted by Gasteiger charge is 2.62. The molecule has 1 N–H and O–H groups in total. The molecule has 0 bridgehead atoms. The SMILES string of the molecule is CCC(C)c1ccc(C(NC)C(F)(F)C(F)(F)F)cc1. The first-order valence-corrected chi connectivity index (χ1v) is 6.36. The fourth-order valence-electron chi connectivity index (χ4n) is 1.97. The minimum Gasteiger partial charge on any atom is -0.308 e. The van der Waals surface area contributed by atoms with Crippen molar-refractivity contribution in [3.63, 3.8) is 0 Å². The largest absolute Gasteiger partial charge is 0.455 e. The lowest BCUT2D eigenvalue weighted by atomic mass is 9.94. The summed E-state index contributed by atoms with van der Waals surface area (Å²) >= 11 is 0. The van der Waals surface area contributed by atoms with E-state index >= 15 is 0 Å². The lowest BCUT2D eigenvalue weighted by Crippen LogP contribution is -2.47. The van der Waals surface area contributed by atoms with Crippen molar-refractivity contribution in [1.29, 1.82) is 0 Å². The van der Waals surface area contributed by atoms with Crippen LogP contribution in [0, 0.1) is 0 Å². The molecule has 2 unspecified atom stereocenters. The van der Waals surface area contributed by atoms with Crippen molar-refractivity contribution in [1.82, 2.24) is 5.32 Å². The van der Waals surface area contributed by atoms with Gasteiger partial charge >= 0.3 is 12.1 Å². The van der Waals surface area contributed by atoms with E-state index in [1.54, 1.807) is 12.1 Å². The van der Waals surface area contributed by atoms with Gasteiger partial charge in [-0.2, -0.15) is 22.0 Å². The van der Waals surface area contributed by atoms with E-state index < -0.39 is 18.1 Å². The lowest BCUT2D eigenvalue weighted by Gasteiger charge is -2.28. The number of nitrogens with one attached hydrogen (secondary N) is 1. The Hall–Kier alpha value is -1.17. The third-order valence-electron chi connectivity index (χ3n) is 3.48. The minimum absolute atomic E-state index is 0.0816. The Morgan fingerprint density at radius 1 is 1.00 bits per heavy atom. The van der Waals surface area contributed by atoms with Gasteiger partial charge in [0.2, 0.25) is 0 Å². The monoisotopic (exact) mass is 295 g/mol. The molecule has 0 saturated heterocycles. The number of hydrogen-bond acceptors (Lipinski definition) is 1. The number of benzene rings is 1. The van der Waals surface area contributed by atoms with Crippen molar-refractivity contribution in [2.75, 3.05) is 7.05 Å². The summed E-state index contributed by atoms with van der Waals surface area (Å²) < 4.78 is 64.1. The summed E-state index contributed by atoms with van der Waals surface area (Å²) in [5, 5.41) is 2.06. The molecule has 1 aromatic rings. The van der Waals surface area contributed by atoms with E-state index in [2.05, 4.69) is 5.32 Å². The Balaban J connectivity index is 3.08. The topological polar surface area (TPSA) is 12.0 Å². The molecule has 1 aromatic carbocycles. The Kier molecular flexibility index (Phi) is 5.13. The van der Waals surface area contributed by atoms with Gasteiger partial charge in [-0.05, 0) is 30.5 Å². The predicted octanol–water partition coefficient (Wildman–Crippen LogP) is 4.66. The van der Waals surface area contributed by atoms with Gasteiger partial charge in [-0.15, -0.1) is 0 Å². The Morgan fingerprint density at radius 2 is 1.45 bits per heavy atom. The first kappa shape index (κ1) is 16.9. The molecule has 0 saturated carbocycles. The molecule has 0 aliphatic carbocycles. The molecule has 0 heterocycles.